The third kappa shape index (κ3) is 6.92. The molecule has 3 amide bonds. The number of halogens is 2. The van der Waals surface area contributed by atoms with Gasteiger partial charge in [0.1, 0.15) is 6.54 Å². The molecule has 1 saturated heterocycles. The monoisotopic (exact) mass is 644 g/mol. The van der Waals surface area contributed by atoms with Crippen molar-refractivity contribution in [1.29, 1.82) is 0 Å². The Balaban J connectivity index is 1.76. The molecule has 9 nitrogen and oxygen atoms in total. The van der Waals surface area contributed by atoms with Crippen LogP contribution in [0.5, 0.6) is 11.5 Å². The summed E-state index contributed by atoms with van der Waals surface area (Å²) in [7, 11) is 1.18. The lowest BCUT2D eigenvalue weighted by Crippen LogP contribution is -2.34. The number of amides is 3. The number of hydrogen-bond acceptors (Lipinski definition) is 8. The van der Waals surface area contributed by atoms with Crippen molar-refractivity contribution in [3.05, 3.63) is 55.0 Å². The Kier molecular flexibility index (Phi) is 9.63. The summed E-state index contributed by atoms with van der Waals surface area (Å²) in [5.74, 6) is -0.919. The lowest BCUT2D eigenvalue weighted by Gasteiger charge is -2.15. The summed E-state index contributed by atoms with van der Waals surface area (Å²) in [5.41, 5.74) is 2.03. The predicted octanol–water partition coefficient (Wildman–Crippen LogP) is 4.88. The standard InChI is InChI=1S/C24H22ClIN2O7S/c1-4-34-18-8-14(9-19-23(31)28(24(32)36-19)11-21(30)33-3)7-17(26)22(18)35-12-20(29)27-15-6-5-13(2)16(25)10-15/h5-10H,4,11-12H2,1-3H3,(H,27,29)/b19-9-. The Labute approximate surface area is 230 Å². The summed E-state index contributed by atoms with van der Waals surface area (Å²) in [6.45, 7) is 3.28. The fourth-order valence-corrected chi connectivity index (χ4v) is 4.86. The second-order valence-electron chi connectivity index (χ2n) is 7.41. The first kappa shape index (κ1) is 27.8. The maximum absolute atomic E-state index is 12.6. The molecule has 12 heteroatoms. The number of anilines is 1. The first-order chi connectivity index (χ1) is 17.1. The summed E-state index contributed by atoms with van der Waals surface area (Å²) in [4.78, 5) is 49.7. The Bertz CT molecular complexity index is 1250. The van der Waals surface area contributed by atoms with Gasteiger partial charge in [0, 0.05) is 10.7 Å². The zero-order valence-corrected chi connectivity index (χ0v) is 23.3. The Hall–Kier alpha value is -2.77. The number of thioether (sulfide) groups is 1. The van der Waals surface area contributed by atoms with Gasteiger partial charge in [-0.2, -0.15) is 0 Å². The molecular formula is C24H22ClIN2O7S. The van der Waals surface area contributed by atoms with E-state index in [1.807, 2.05) is 29.5 Å². The zero-order chi connectivity index (χ0) is 26.4. The first-order valence-corrected chi connectivity index (χ1v) is 12.9. The molecule has 2 aromatic carbocycles. The number of nitrogens with zero attached hydrogens (tertiary/aromatic N) is 1. The van der Waals surface area contributed by atoms with Crippen LogP contribution in [0.4, 0.5) is 10.5 Å². The summed E-state index contributed by atoms with van der Waals surface area (Å²) >= 11 is 8.87. The Morgan fingerprint density at radius 2 is 1.94 bits per heavy atom. The number of methoxy groups -OCH3 is 1. The SMILES string of the molecule is CCOc1cc(/C=C2\SC(=O)N(CC(=O)OC)C2=O)cc(I)c1OCC(=O)Nc1ccc(C)c(Cl)c1. The maximum atomic E-state index is 12.6. The molecule has 2 aromatic rings. The van der Waals surface area contributed by atoms with E-state index in [2.05, 4.69) is 10.1 Å². The van der Waals surface area contributed by atoms with Crippen LogP contribution in [0.15, 0.2) is 35.2 Å². The zero-order valence-electron chi connectivity index (χ0n) is 19.6. The molecule has 1 aliphatic rings. The van der Waals surface area contributed by atoms with Crippen LogP contribution in [0.2, 0.25) is 5.02 Å². The number of aryl methyl sites for hydroxylation is 1. The molecule has 3 rings (SSSR count). The molecule has 0 saturated carbocycles. The molecule has 1 N–H and O–H groups in total. The third-order valence-electron chi connectivity index (χ3n) is 4.82. The number of rotatable bonds is 9. The largest absolute Gasteiger partial charge is 0.490 e. The molecular weight excluding hydrogens is 623 g/mol. The van der Waals surface area contributed by atoms with E-state index in [4.69, 9.17) is 21.1 Å². The summed E-state index contributed by atoms with van der Waals surface area (Å²) in [5, 5.41) is 2.71. The van der Waals surface area contributed by atoms with Crippen LogP contribution in [0.1, 0.15) is 18.1 Å². The van der Waals surface area contributed by atoms with Crippen LogP contribution in [-0.4, -0.2) is 54.8 Å². The van der Waals surface area contributed by atoms with Gasteiger partial charge < -0.3 is 19.5 Å². The van der Waals surface area contributed by atoms with Crippen molar-refractivity contribution in [3.63, 3.8) is 0 Å². The number of imide groups is 1. The molecule has 0 aliphatic carbocycles. The van der Waals surface area contributed by atoms with Crippen LogP contribution < -0.4 is 14.8 Å². The average molecular weight is 645 g/mol. The van der Waals surface area contributed by atoms with Gasteiger partial charge in [-0.3, -0.25) is 24.1 Å². The van der Waals surface area contributed by atoms with E-state index in [1.54, 1.807) is 37.3 Å². The van der Waals surface area contributed by atoms with E-state index in [-0.39, 0.29) is 17.4 Å². The van der Waals surface area contributed by atoms with Gasteiger partial charge in [0.25, 0.3) is 17.1 Å². The van der Waals surface area contributed by atoms with E-state index < -0.39 is 23.7 Å². The molecule has 0 atom stereocenters. The van der Waals surface area contributed by atoms with Crippen LogP contribution in [0, 0.1) is 10.5 Å². The molecule has 36 heavy (non-hydrogen) atoms. The highest BCUT2D eigenvalue weighted by Gasteiger charge is 2.36. The fourth-order valence-electron chi connectivity index (χ4n) is 3.06. The van der Waals surface area contributed by atoms with E-state index in [9.17, 15) is 19.2 Å². The maximum Gasteiger partial charge on any atom is 0.325 e. The number of esters is 1. The van der Waals surface area contributed by atoms with Gasteiger partial charge >= 0.3 is 5.97 Å². The number of carbonyl (C=O) groups is 4. The van der Waals surface area contributed by atoms with E-state index in [0.717, 1.165) is 22.2 Å². The lowest BCUT2D eigenvalue weighted by molar-refractivity contribution is -0.143. The Morgan fingerprint density at radius 1 is 1.19 bits per heavy atom. The lowest BCUT2D eigenvalue weighted by atomic mass is 10.2. The van der Waals surface area contributed by atoms with Gasteiger partial charge in [0.2, 0.25) is 0 Å². The van der Waals surface area contributed by atoms with Gasteiger partial charge in [-0.1, -0.05) is 17.7 Å². The van der Waals surface area contributed by atoms with Gasteiger partial charge in [-0.05, 0) is 89.7 Å². The summed E-state index contributed by atoms with van der Waals surface area (Å²) in [6.07, 6.45) is 1.53. The summed E-state index contributed by atoms with van der Waals surface area (Å²) < 4.78 is 16.6. The number of benzene rings is 2. The molecule has 0 radical (unpaired) electrons. The fraction of sp³-hybridized carbons (Fsp3) is 0.250. The Morgan fingerprint density at radius 3 is 2.61 bits per heavy atom. The van der Waals surface area contributed by atoms with E-state index in [1.165, 1.54) is 13.2 Å². The first-order valence-electron chi connectivity index (χ1n) is 10.6. The second kappa shape index (κ2) is 12.5. The normalized spacial score (nSPS) is 14.2. The minimum Gasteiger partial charge on any atom is -0.490 e. The number of nitrogens with one attached hydrogen (secondary N) is 1. The molecule has 0 unspecified atom stereocenters. The van der Waals surface area contributed by atoms with Crippen molar-refractivity contribution in [2.75, 3.05) is 32.2 Å². The van der Waals surface area contributed by atoms with Gasteiger partial charge in [0.05, 0.1) is 22.2 Å². The van der Waals surface area contributed by atoms with E-state index >= 15 is 0 Å². The number of carbonyl (C=O) groups excluding carboxylic acids is 4. The minimum atomic E-state index is -0.692. The molecule has 190 valence electrons. The molecule has 1 fully saturated rings. The average Bonchev–Trinajstić information content (AvgIpc) is 3.08. The van der Waals surface area contributed by atoms with Crippen LogP contribution in [0.3, 0.4) is 0 Å². The molecule has 0 bridgehead atoms. The van der Waals surface area contributed by atoms with Crippen LogP contribution in [-0.2, 0) is 19.1 Å². The number of ether oxygens (including phenoxy) is 3. The smallest absolute Gasteiger partial charge is 0.325 e. The van der Waals surface area contributed by atoms with Gasteiger partial charge in [-0.15, -0.1) is 0 Å². The van der Waals surface area contributed by atoms with Crippen molar-refractivity contribution in [2.24, 2.45) is 0 Å². The van der Waals surface area contributed by atoms with Crippen molar-refractivity contribution in [1.82, 2.24) is 4.90 Å². The molecule has 1 heterocycles. The van der Waals surface area contributed by atoms with Crippen molar-refractivity contribution in [2.45, 2.75) is 13.8 Å². The molecule has 1 aliphatic heterocycles. The van der Waals surface area contributed by atoms with Crippen molar-refractivity contribution in [3.8, 4) is 11.5 Å². The van der Waals surface area contributed by atoms with Crippen molar-refractivity contribution < 1.29 is 33.4 Å². The highest BCUT2D eigenvalue weighted by atomic mass is 127. The quantitative estimate of drug-likeness (QED) is 0.234. The van der Waals surface area contributed by atoms with E-state index in [0.29, 0.717) is 37.9 Å². The number of hydrogen-bond donors (Lipinski definition) is 1. The summed E-state index contributed by atoms with van der Waals surface area (Å²) in [6, 6.07) is 8.58. The topological polar surface area (TPSA) is 111 Å². The highest BCUT2D eigenvalue weighted by molar-refractivity contribution is 14.1. The second-order valence-corrected chi connectivity index (χ2v) is 9.97. The third-order valence-corrected chi connectivity index (χ3v) is 6.94. The predicted molar refractivity (Wildman–Crippen MR) is 145 cm³/mol. The minimum absolute atomic E-state index is 0.159. The van der Waals surface area contributed by atoms with Crippen molar-refractivity contribution >= 4 is 80.7 Å². The van der Waals surface area contributed by atoms with Gasteiger partial charge in [0.15, 0.2) is 18.1 Å². The molecule has 0 spiro atoms. The molecule has 0 aromatic heterocycles. The van der Waals surface area contributed by atoms with Crippen LogP contribution >= 0.6 is 46.0 Å². The van der Waals surface area contributed by atoms with Crippen LogP contribution in [0.25, 0.3) is 6.08 Å². The highest BCUT2D eigenvalue weighted by Crippen LogP contribution is 2.37. The van der Waals surface area contributed by atoms with Gasteiger partial charge in [-0.25, -0.2) is 0 Å².